The third-order valence-electron chi connectivity index (χ3n) is 1.14. The fourth-order valence-electron chi connectivity index (χ4n) is 0.528. The molecule has 5 nitrogen and oxygen atoms in total. The Balaban J connectivity index is 3.79. The molecule has 0 saturated carbocycles. The first kappa shape index (κ1) is 11.5. The van der Waals surface area contributed by atoms with Crippen LogP contribution in [-0.4, -0.2) is 68.4 Å². The molecule has 0 aromatic heterocycles. The normalized spacial score (nSPS) is 9.25. The molecule has 12 heavy (non-hydrogen) atoms. The Hall–Kier alpha value is -0.470. The van der Waals surface area contributed by atoms with E-state index < -0.39 is 5.97 Å². The summed E-state index contributed by atoms with van der Waals surface area (Å²) in [5.74, 6) is -0.887. The van der Waals surface area contributed by atoms with Gasteiger partial charge in [0.1, 0.15) is 0 Å². The minimum atomic E-state index is -0.887. The summed E-state index contributed by atoms with van der Waals surface area (Å²) in [6.07, 6.45) is -0.00528. The van der Waals surface area contributed by atoms with Gasteiger partial charge >= 0.3 is 84.4 Å². The number of hydrogen-bond acceptors (Lipinski definition) is 2. The molecule has 0 aromatic carbocycles. The summed E-state index contributed by atoms with van der Waals surface area (Å²) in [7, 11) is 3.27. The Kier molecular flexibility index (Phi) is 5.02. The first-order valence-corrected chi connectivity index (χ1v) is 4.48. The second-order valence-electron chi connectivity index (χ2n) is 2.44. The van der Waals surface area contributed by atoms with Crippen molar-refractivity contribution in [2.24, 2.45) is 0 Å². The molecule has 0 radical (unpaired) electrons. The van der Waals surface area contributed by atoms with Gasteiger partial charge in [0.05, 0.1) is 0 Å². The average molecular weight is 288 g/mol. The summed E-state index contributed by atoms with van der Waals surface area (Å²) in [6.45, 7) is 0.265. The molecule has 1 N–H and O–H groups in total. The predicted molar refractivity (Wildman–Crippen MR) is 45.2 cm³/mol. The van der Waals surface area contributed by atoms with Crippen molar-refractivity contribution in [3.63, 3.8) is 0 Å². The van der Waals surface area contributed by atoms with Crippen LogP contribution in [0.25, 0.3) is 0 Å². The van der Waals surface area contributed by atoms with Crippen molar-refractivity contribution in [2.75, 3.05) is 20.6 Å². The molecule has 0 heterocycles. The van der Waals surface area contributed by atoms with Crippen LogP contribution in [0.15, 0.2) is 0 Å². The number of nitrogens with zero attached hydrogens (tertiary/aromatic N) is 2. The molecule has 0 aromatic rings. The molecule has 0 bridgehead atoms. The summed E-state index contributed by atoms with van der Waals surface area (Å²) in [6, 6.07) is -0.162. The number of amides is 2. The van der Waals surface area contributed by atoms with Crippen LogP contribution in [0.1, 0.15) is 6.42 Å². The summed E-state index contributed by atoms with van der Waals surface area (Å²) in [5, 5.41) is 8.34. The number of carbonyl (C=O) groups excluding carboxylic acids is 1. The van der Waals surface area contributed by atoms with Crippen LogP contribution in [-0.2, 0) is 4.79 Å². The second-order valence-corrected chi connectivity index (χ2v) is 3.82. The molecular weight excluding hydrogens is 276 g/mol. The van der Waals surface area contributed by atoms with Gasteiger partial charge in [0.15, 0.2) is 0 Å². The quantitative estimate of drug-likeness (QED) is 0.696. The third kappa shape index (κ3) is 4.42. The van der Waals surface area contributed by atoms with E-state index in [0.29, 0.717) is 0 Å². The topological polar surface area (TPSA) is 60.9 Å². The Morgan fingerprint density at radius 3 is 2.25 bits per heavy atom. The van der Waals surface area contributed by atoms with Crippen molar-refractivity contribution in [3.05, 3.63) is 0 Å². The van der Waals surface area contributed by atoms with E-state index in [1.54, 1.807) is 14.1 Å². The zero-order chi connectivity index (χ0) is 9.72. The molecule has 0 fully saturated rings. The zero-order valence-corrected chi connectivity index (χ0v) is 9.57. The number of hydrogen-bond donors (Lipinski definition) is 1. The predicted octanol–water partition coefficient (Wildman–Crippen LogP) is -0.740. The van der Waals surface area contributed by atoms with E-state index in [2.05, 4.69) is 0 Å². The van der Waals surface area contributed by atoms with E-state index in [1.165, 1.54) is 30.6 Å². The monoisotopic (exact) mass is 290 g/mol. The van der Waals surface area contributed by atoms with E-state index in [0.717, 1.165) is 0 Å². The van der Waals surface area contributed by atoms with Crippen LogP contribution in [0.3, 0.4) is 0 Å². The third-order valence-corrected chi connectivity index (χ3v) is 2.20. The van der Waals surface area contributed by atoms with Crippen LogP contribution in [0, 0.1) is 0 Å². The van der Waals surface area contributed by atoms with E-state index in [1.807, 2.05) is 0 Å². The molecule has 0 aliphatic rings. The molecule has 70 valence electrons. The van der Waals surface area contributed by atoms with Gasteiger partial charge in [-0.3, -0.25) is 0 Å². The summed E-state index contributed by atoms with van der Waals surface area (Å²) in [5.41, 5.74) is 0. The maximum absolute atomic E-state index is 11.1. The Morgan fingerprint density at radius 1 is 1.42 bits per heavy atom. The van der Waals surface area contributed by atoms with Crippen molar-refractivity contribution >= 4 is 34.6 Å². The SMILES string of the molecule is CN(C)C(=O)N([TeH])CCC(=O)O. The van der Waals surface area contributed by atoms with Gasteiger partial charge in [0, 0.05) is 0 Å². The number of rotatable bonds is 3. The molecule has 0 aliphatic carbocycles. The number of carboxylic acids is 1. The molecule has 0 spiro atoms. The van der Waals surface area contributed by atoms with Gasteiger partial charge < -0.3 is 0 Å². The number of aliphatic carboxylic acids is 1. The number of carboxylic acid groups (broad SMARTS) is 1. The van der Waals surface area contributed by atoms with Crippen LogP contribution in [0.2, 0.25) is 0 Å². The van der Waals surface area contributed by atoms with E-state index in [-0.39, 0.29) is 19.0 Å². The molecule has 0 atom stereocenters. The van der Waals surface area contributed by atoms with Crippen molar-refractivity contribution in [3.8, 4) is 0 Å². The molecule has 2 amide bonds. The standard InChI is InChI=1S/C6H12N2O3Te/c1-7(2)6(11)8(12)4-3-5(9)10/h12H,3-4H2,1-2H3,(H,9,10). The minimum absolute atomic E-state index is 0.00528. The molecule has 0 unspecified atom stereocenters. The van der Waals surface area contributed by atoms with Crippen LogP contribution >= 0.6 is 0 Å². The van der Waals surface area contributed by atoms with Gasteiger partial charge in [-0.15, -0.1) is 0 Å². The van der Waals surface area contributed by atoms with Crippen LogP contribution in [0.4, 0.5) is 4.79 Å². The van der Waals surface area contributed by atoms with Gasteiger partial charge in [-0.1, -0.05) is 0 Å². The Labute approximate surface area is 84.6 Å². The van der Waals surface area contributed by atoms with Crippen molar-refractivity contribution in [1.82, 2.24) is 8.05 Å². The molecular formula is C6H12N2O3Te. The fraction of sp³-hybridized carbons (Fsp3) is 0.667. The van der Waals surface area contributed by atoms with Crippen molar-refractivity contribution < 1.29 is 14.7 Å². The summed E-state index contributed by atoms with van der Waals surface area (Å²) >= 11 is 1.21. The summed E-state index contributed by atoms with van der Waals surface area (Å²) < 4.78 is 1.42. The van der Waals surface area contributed by atoms with Gasteiger partial charge in [0.25, 0.3) is 0 Å². The molecule has 0 rings (SSSR count). The first-order valence-electron chi connectivity index (χ1n) is 3.34. The van der Waals surface area contributed by atoms with Crippen LogP contribution in [0.5, 0.6) is 0 Å². The van der Waals surface area contributed by atoms with Crippen LogP contribution < -0.4 is 0 Å². The van der Waals surface area contributed by atoms with Crippen molar-refractivity contribution in [2.45, 2.75) is 6.42 Å². The molecule has 6 heteroatoms. The van der Waals surface area contributed by atoms with Gasteiger partial charge in [-0.25, -0.2) is 0 Å². The van der Waals surface area contributed by atoms with E-state index in [4.69, 9.17) is 5.11 Å². The molecule has 0 aliphatic heterocycles. The Bertz CT molecular complexity index is 184. The first-order chi connectivity index (χ1) is 5.45. The van der Waals surface area contributed by atoms with Gasteiger partial charge in [-0.2, -0.15) is 0 Å². The van der Waals surface area contributed by atoms with Crippen molar-refractivity contribution in [1.29, 1.82) is 0 Å². The van der Waals surface area contributed by atoms with E-state index in [9.17, 15) is 9.59 Å². The van der Waals surface area contributed by atoms with Gasteiger partial charge in [0.2, 0.25) is 0 Å². The Morgan fingerprint density at radius 2 is 1.92 bits per heavy atom. The summed E-state index contributed by atoms with van der Waals surface area (Å²) in [4.78, 5) is 22.7. The van der Waals surface area contributed by atoms with Gasteiger partial charge in [-0.05, 0) is 0 Å². The van der Waals surface area contributed by atoms with E-state index >= 15 is 0 Å². The second kappa shape index (κ2) is 5.22. The maximum atomic E-state index is 11.1. The molecule has 0 saturated heterocycles. The average Bonchev–Trinajstić information content (AvgIpc) is 1.98. The fourth-order valence-corrected chi connectivity index (χ4v) is 1.32. The number of carbonyl (C=O) groups is 2. The zero-order valence-electron chi connectivity index (χ0n) is 7.02. The number of urea groups is 1.